The molecule has 0 spiro atoms. The standard InChI is InChI=1S/C26H40N2O5S/c1-3-4-5-6-7-11-21-34(30,31)28(18-20-32-2)23-26(29)27(22-25-15-12-19-33-25)17-16-24-13-9-8-10-14-24/h8-10,12-15,19H,3-7,11,16-18,20-23H2,1-2H3. The Hall–Kier alpha value is -2.16. The van der Waals surface area contributed by atoms with Gasteiger partial charge in [0.15, 0.2) is 0 Å². The molecule has 0 radical (unpaired) electrons. The maximum absolute atomic E-state index is 13.3. The molecule has 0 aliphatic rings. The average Bonchev–Trinajstić information content (AvgIpc) is 3.35. The molecule has 8 heteroatoms. The molecule has 0 saturated heterocycles. The van der Waals surface area contributed by atoms with Crippen LogP contribution < -0.4 is 0 Å². The van der Waals surface area contributed by atoms with Crippen molar-refractivity contribution in [2.75, 3.05) is 39.1 Å². The van der Waals surface area contributed by atoms with Gasteiger partial charge in [0.2, 0.25) is 15.9 Å². The zero-order valence-corrected chi connectivity index (χ0v) is 21.5. The number of benzene rings is 1. The van der Waals surface area contributed by atoms with E-state index in [0.717, 1.165) is 31.2 Å². The summed E-state index contributed by atoms with van der Waals surface area (Å²) in [6.45, 7) is 3.13. The van der Waals surface area contributed by atoms with Gasteiger partial charge in [0, 0.05) is 20.2 Å². The van der Waals surface area contributed by atoms with E-state index in [1.165, 1.54) is 17.8 Å². The third-order valence-electron chi connectivity index (χ3n) is 5.80. The summed E-state index contributed by atoms with van der Waals surface area (Å²) in [6.07, 6.45) is 8.24. The van der Waals surface area contributed by atoms with Gasteiger partial charge in [0.25, 0.3) is 0 Å². The van der Waals surface area contributed by atoms with Crippen LogP contribution in [0.5, 0.6) is 0 Å². The molecule has 0 unspecified atom stereocenters. The van der Waals surface area contributed by atoms with Gasteiger partial charge in [-0.05, 0) is 30.5 Å². The molecular weight excluding hydrogens is 452 g/mol. The number of carbonyl (C=O) groups excluding carboxylic acids is 1. The molecule has 0 bridgehead atoms. The number of ether oxygens (including phenoxy) is 1. The summed E-state index contributed by atoms with van der Waals surface area (Å²) in [7, 11) is -2.03. The summed E-state index contributed by atoms with van der Waals surface area (Å²) in [6, 6.07) is 13.5. The number of amides is 1. The van der Waals surface area contributed by atoms with Gasteiger partial charge in [0.05, 0.1) is 31.7 Å². The zero-order valence-electron chi connectivity index (χ0n) is 20.7. The fraction of sp³-hybridized carbons (Fsp3) is 0.577. The minimum atomic E-state index is -3.56. The molecule has 0 atom stereocenters. The maximum Gasteiger partial charge on any atom is 0.238 e. The van der Waals surface area contributed by atoms with Crippen molar-refractivity contribution in [2.45, 2.75) is 58.4 Å². The monoisotopic (exact) mass is 492 g/mol. The van der Waals surface area contributed by atoms with Crippen molar-refractivity contribution in [3.63, 3.8) is 0 Å². The maximum atomic E-state index is 13.3. The number of unbranched alkanes of at least 4 members (excludes halogenated alkanes) is 5. The molecule has 7 nitrogen and oxygen atoms in total. The first-order valence-corrected chi connectivity index (χ1v) is 13.9. The van der Waals surface area contributed by atoms with Crippen molar-refractivity contribution in [3.05, 3.63) is 60.1 Å². The van der Waals surface area contributed by atoms with Crippen LogP contribution >= 0.6 is 0 Å². The summed E-state index contributed by atoms with van der Waals surface area (Å²) in [4.78, 5) is 15.0. The summed E-state index contributed by atoms with van der Waals surface area (Å²) in [5.41, 5.74) is 1.12. The Morgan fingerprint density at radius 3 is 2.38 bits per heavy atom. The van der Waals surface area contributed by atoms with Crippen LogP contribution in [0, 0.1) is 0 Å². The van der Waals surface area contributed by atoms with E-state index in [2.05, 4.69) is 6.92 Å². The third-order valence-corrected chi connectivity index (χ3v) is 7.70. The van der Waals surface area contributed by atoms with Crippen LogP contribution in [0.15, 0.2) is 53.1 Å². The van der Waals surface area contributed by atoms with Gasteiger partial charge in [-0.1, -0.05) is 69.4 Å². The van der Waals surface area contributed by atoms with Gasteiger partial charge in [-0.25, -0.2) is 8.42 Å². The number of furan rings is 1. The highest BCUT2D eigenvalue weighted by atomic mass is 32.2. The van der Waals surface area contributed by atoms with Gasteiger partial charge in [-0.2, -0.15) is 4.31 Å². The summed E-state index contributed by atoms with van der Waals surface area (Å²) < 4.78 is 38.0. The first-order valence-electron chi connectivity index (χ1n) is 12.3. The lowest BCUT2D eigenvalue weighted by Gasteiger charge is -2.27. The first-order chi connectivity index (χ1) is 16.5. The Morgan fingerprint density at radius 1 is 0.971 bits per heavy atom. The highest BCUT2D eigenvalue weighted by molar-refractivity contribution is 7.89. The normalized spacial score (nSPS) is 11.7. The van der Waals surface area contributed by atoms with Crippen LogP contribution in [-0.4, -0.2) is 62.6 Å². The number of nitrogens with zero attached hydrogens (tertiary/aromatic N) is 2. The minimum Gasteiger partial charge on any atom is -0.467 e. The fourth-order valence-corrected chi connectivity index (χ4v) is 5.23. The minimum absolute atomic E-state index is 0.0539. The Bertz CT molecular complexity index is 901. The smallest absolute Gasteiger partial charge is 0.238 e. The predicted molar refractivity (Wildman–Crippen MR) is 135 cm³/mol. The second kappa shape index (κ2) is 15.7. The van der Waals surface area contributed by atoms with Crippen LogP contribution in [0.2, 0.25) is 0 Å². The van der Waals surface area contributed by atoms with E-state index in [9.17, 15) is 13.2 Å². The van der Waals surface area contributed by atoms with Crippen molar-refractivity contribution >= 4 is 15.9 Å². The predicted octanol–water partition coefficient (Wildman–Crippen LogP) is 4.49. The molecule has 1 heterocycles. The Balaban J connectivity index is 2.03. The number of hydrogen-bond acceptors (Lipinski definition) is 5. The van der Waals surface area contributed by atoms with Crippen molar-refractivity contribution < 1.29 is 22.4 Å². The molecule has 0 aliphatic carbocycles. The van der Waals surface area contributed by atoms with Crippen molar-refractivity contribution in [1.29, 1.82) is 0 Å². The summed E-state index contributed by atoms with van der Waals surface area (Å²) >= 11 is 0. The van der Waals surface area contributed by atoms with E-state index in [0.29, 0.717) is 31.7 Å². The largest absolute Gasteiger partial charge is 0.467 e. The van der Waals surface area contributed by atoms with Crippen molar-refractivity contribution in [3.8, 4) is 0 Å². The molecule has 1 amide bonds. The van der Waals surface area contributed by atoms with Crippen LogP contribution in [-0.2, 0) is 32.5 Å². The number of carbonyl (C=O) groups is 1. The Kier molecular flexibility index (Phi) is 13.0. The highest BCUT2D eigenvalue weighted by Gasteiger charge is 2.26. The van der Waals surface area contributed by atoms with Gasteiger partial charge >= 0.3 is 0 Å². The van der Waals surface area contributed by atoms with E-state index < -0.39 is 10.0 Å². The van der Waals surface area contributed by atoms with E-state index >= 15 is 0 Å². The number of rotatable bonds is 18. The topological polar surface area (TPSA) is 80.1 Å². The molecule has 1 aromatic heterocycles. The zero-order chi connectivity index (χ0) is 24.7. The van der Waals surface area contributed by atoms with E-state index in [-0.39, 0.29) is 31.4 Å². The summed E-state index contributed by atoms with van der Waals surface area (Å²) in [5.74, 6) is 0.480. The lowest BCUT2D eigenvalue weighted by Crippen LogP contribution is -2.45. The summed E-state index contributed by atoms with van der Waals surface area (Å²) in [5, 5.41) is 0. The van der Waals surface area contributed by atoms with Crippen molar-refractivity contribution in [2.24, 2.45) is 0 Å². The van der Waals surface area contributed by atoms with E-state index in [1.54, 1.807) is 17.2 Å². The molecule has 0 aliphatic heterocycles. The van der Waals surface area contributed by atoms with Crippen LogP contribution in [0.3, 0.4) is 0 Å². The molecule has 0 N–H and O–H groups in total. The van der Waals surface area contributed by atoms with E-state index in [4.69, 9.17) is 9.15 Å². The molecule has 1 aromatic carbocycles. The van der Waals surface area contributed by atoms with Crippen LogP contribution in [0.1, 0.15) is 56.8 Å². The second-order valence-corrected chi connectivity index (χ2v) is 10.6. The fourth-order valence-electron chi connectivity index (χ4n) is 3.75. The Labute approximate surface area is 205 Å². The molecule has 0 saturated carbocycles. The molecule has 190 valence electrons. The van der Waals surface area contributed by atoms with Crippen molar-refractivity contribution in [1.82, 2.24) is 9.21 Å². The second-order valence-electron chi connectivity index (χ2n) is 8.54. The molecule has 0 fully saturated rings. The van der Waals surface area contributed by atoms with Gasteiger partial charge in [-0.15, -0.1) is 0 Å². The quantitative estimate of drug-likeness (QED) is 0.287. The number of hydrogen-bond donors (Lipinski definition) is 0. The number of methoxy groups -OCH3 is 1. The Morgan fingerprint density at radius 2 is 1.71 bits per heavy atom. The van der Waals surface area contributed by atoms with Gasteiger partial charge < -0.3 is 14.1 Å². The van der Waals surface area contributed by atoms with Gasteiger partial charge in [0.1, 0.15) is 5.76 Å². The van der Waals surface area contributed by atoms with E-state index in [1.807, 2.05) is 36.4 Å². The van der Waals surface area contributed by atoms with Gasteiger partial charge in [-0.3, -0.25) is 4.79 Å². The molecule has 2 rings (SSSR count). The first kappa shape index (κ1) is 28.1. The average molecular weight is 493 g/mol. The lowest BCUT2D eigenvalue weighted by molar-refractivity contribution is -0.132. The SMILES string of the molecule is CCCCCCCCS(=O)(=O)N(CCOC)CC(=O)N(CCc1ccccc1)Cc1ccco1. The lowest BCUT2D eigenvalue weighted by atomic mass is 10.1. The molecular formula is C26H40N2O5S. The number of sulfonamides is 1. The van der Waals surface area contributed by atoms with Crippen LogP contribution in [0.4, 0.5) is 0 Å². The molecule has 2 aromatic rings. The third kappa shape index (κ3) is 10.4. The molecule has 34 heavy (non-hydrogen) atoms. The highest BCUT2D eigenvalue weighted by Crippen LogP contribution is 2.13. The van der Waals surface area contributed by atoms with Crippen LogP contribution in [0.25, 0.3) is 0 Å².